The Labute approximate surface area is 179 Å². The molecule has 0 radical (unpaired) electrons. The van der Waals surface area contributed by atoms with E-state index in [1.54, 1.807) is 12.1 Å². The normalized spacial score (nSPS) is 20.6. The number of hydrogen-bond donors (Lipinski definition) is 0. The van der Waals surface area contributed by atoms with Crippen molar-refractivity contribution in [1.82, 2.24) is 14.8 Å². The Morgan fingerprint density at radius 1 is 1.10 bits per heavy atom. The van der Waals surface area contributed by atoms with E-state index in [1.165, 1.54) is 6.07 Å². The summed E-state index contributed by atoms with van der Waals surface area (Å²) in [5.74, 6) is 0.270. The molecule has 4 rings (SSSR count). The van der Waals surface area contributed by atoms with Crippen LogP contribution >= 0.6 is 0 Å². The number of halogens is 3. The summed E-state index contributed by atoms with van der Waals surface area (Å²) in [6.07, 6.45) is -2.48. The van der Waals surface area contributed by atoms with Crippen LogP contribution in [0.1, 0.15) is 30.0 Å². The molecule has 3 heterocycles. The van der Waals surface area contributed by atoms with Crippen LogP contribution < -0.4 is 0 Å². The summed E-state index contributed by atoms with van der Waals surface area (Å²) >= 11 is 0. The zero-order chi connectivity index (χ0) is 21.8. The molecule has 31 heavy (non-hydrogen) atoms. The summed E-state index contributed by atoms with van der Waals surface area (Å²) in [7, 11) is 0. The van der Waals surface area contributed by atoms with Crippen molar-refractivity contribution in [2.45, 2.75) is 24.9 Å². The van der Waals surface area contributed by atoms with Crippen LogP contribution in [0.3, 0.4) is 0 Å². The quantitative estimate of drug-likeness (QED) is 0.736. The molecule has 2 aliphatic heterocycles. The highest BCUT2D eigenvalue weighted by Gasteiger charge is 2.31. The lowest BCUT2D eigenvalue weighted by atomic mass is 9.93. The number of nitrogens with zero attached hydrogens (tertiary/aromatic N) is 3. The van der Waals surface area contributed by atoms with Crippen molar-refractivity contribution in [2.24, 2.45) is 0 Å². The van der Waals surface area contributed by atoms with Gasteiger partial charge in [-0.05, 0) is 43.7 Å². The lowest BCUT2D eigenvalue weighted by Crippen LogP contribution is -2.47. The molecule has 0 saturated carbocycles. The smallest absolute Gasteiger partial charge is 0.378 e. The van der Waals surface area contributed by atoms with Crippen LogP contribution in [0.2, 0.25) is 0 Å². The Kier molecular flexibility index (Phi) is 6.57. The first-order chi connectivity index (χ1) is 14.9. The number of likely N-dealkylation sites (tertiary alicyclic amines) is 1. The second-order valence-corrected chi connectivity index (χ2v) is 8.09. The lowest BCUT2D eigenvalue weighted by Gasteiger charge is -2.34. The van der Waals surface area contributed by atoms with Crippen molar-refractivity contribution in [1.29, 1.82) is 0 Å². The first-order valence-corrected chi connectivity index (χ1v) is 10.6. The Morgan fingerprint density at radius 3 is 2.65 bits per heavy atom. The maximum Gasteiger partial charge on any atom is 0.416 e. The first kappa shape index (κ1) is 21.8. The van der Waals surface area contributed by atoms with E-state index in [9.17, 15) is 18.0 Å². The number of ether oxygens (including phenoxy) is 1. The molecular weight excluding hydrogens is 407 g/mol. The van der Waals surface area contributed by atoms with Crippen molar-refractivity contribution in [3.8, 4) is 11.3 Å². The predicted molar refractivity (Wildman–Crippen MR) is 110 cm³/mol. The molecular formula is C23H26F3N3O2. The van der Waals surface area contributed by atoms with Crippen molar-refractivity contribution in [3.63, 3.8) is 0 Å². The molecule has 2 saturated heterocycles. The Morgan fingerprint density at radius 2 is 1.87 bits per heavy atom. The summed E-state index contributed by atoms with van der Waals surface area (Å²) in [5.41, 5.74) is 1.16. The van der Waals surface area contributed by atoms with Crippen LogP contribution in [-0.4, -0.2) is 66.6 Å². The van der Waals surface area contributed by atoms with Crippen LogP contribution in [0, 0.1) is 0 Å². The van der Waals surface area contributed by atoms with Gasteiger partial charge in [-0.25, -0.2) is 0 Å². The second kappa shape index (κ2) is 9.36. The standard InChI is InChI=1S/C23H26F3N3O2/c24-23(25,26)19-6-1-4-17(14-19)20-7-2-8-21(27-20)18-5-3-9-28(15-18)16-22(30)29-10-12-31-13-11-29/h1-2,4,6-8,14,18H,3,5,9-13,15-16H2/t18-/m1/s1. The topological polar surface area (TPSA) is 45.7 Å². The predicted octanol–water partition coefficient (Wildman–Crippen LogP) is 3.81. The summed E-state index contributed by atoms with van der Waals surface area (Å²) < 4.78 is 44.5. The molecule has 2 fully saturated rings. The minimum atomic E-state index is -4.38. The van der Waals surface area contributed by atoms with Crippen molar-refractivity contribution < 1.29 is 22.7 Å². The maximum absolute atomic E-state index is 13.1. The van der Waals surface area contributed by atoms with E-state index in [2.05, 4.69) is 9.88 Å². The van der Waals surface area contributed by atoms with E-state index in [-0.39, 0.29) is 11.8 Å². The van der Waals surface area contributed by atoms with Crippen LogP contribution in [0.4, 0.5) is 13.2 Å². The van der Waals surface area contributed by atoms with Crippen LogP contribution in [0.5, 0.6) is 0 Å². The van der Waals surface area contributed by atoms with Gasteiger partial charge in [0, 0.05) is 36.8 Å². The molecule has 0 aliphatic carbocycles. The number of piperidine rings is 1. The molecule has 5 nitrogen and oxygen atoms in total. The fraction of sp³-hybridized carbons (Fsp3) is 0.478. The Bertz CT molecular complexity index is 913. The maximum atomic E-state index is 13.1. The fourth-order valence-electron chi connectivity index (χ4n) is 4.24. The summed E-state index contributed by atoms with van der Waals surface area (Å²) in [4.78, 5) is 21.3. The number of benzene rings is 1. The van der Waals surface area contributed by atoms with Gasteiger partial charge in [0.05, 0.1) is 31.0 Å². The van der Waals surface area contributed by atoms with Crippen molar-refractivity contribution >= 4 is 5.91 Å². The van der Waals surface area contributed by atoms with Gasteiger partial charge in [-0.2, -0.15) is 13.2 Å². The Hall–Kier alpha value is -2.45. The zero-order valence-electron chi connectivity index (χ0n) is 17.3. The summed E-state index contributed by atoms with van der Waals surface area (Å²) in [5, 5.41) is 0. The largest absolute Gasteiger partial charge is 0.416 e. The molecule has 0 bridgehead atoms. The highest BCUT2D eigenvalue weighted by molar-refractivity contribution is 5.78. The molecule has 1 aromatic carbocycles. The molecule has 0 spiro atoms. The van der Waals surface area contributed by atoms with Gasteiger partial charge in [-0.15, -0.1) is 0 Å². The molecule has 8 heteroatoms. The van der Waals surface area contributed by atoms with Crippen LogP contribution in [0.25, 0.3) is 11.3 Å². The van der Waals surface area contributed by atoms with Gasteiger partial charge in [0.2, 0.25) is 5.91 Å². The minimum absolute atomic E-state index is 0.120. The van der Waals surface area contributed by atoms with Gasteiger partial charge in [0.15, 0.2) is 0 Å². The van der Waals surface area contributed by atoms with Gasteiger partial charge in [-0.1, -0.05) is 18.2 Å². The van der Waals surface area contributed by atoms with Crippen molar-refractivity contribution in [3.05, 3.63) is 53.7 Å². The number of hydrogen-bond acceptors (Lipinski definition) is 4. The highest BCUT2D eigenvalue weighted by Crippen LogP contribution is 2.32. The summed E-state index contributed by atoms with van der Waals surface area (Å²) in [6, 6.07) is 10.8. The van der Waals surface area contributed by atoms with E-state index >= 15 is 0 Å². The van der Waals surface area contributed by atoms with Gasteiger partial charge in [0.1, 0.15) is 0 Å². The first-order valence-electron chi connectivity index (χ1n) is 10.6. The number of rotatable bonds is 4. The fourth-order valence-corrected chi connectivity index (χ4v) is 4.24. The number of alkyl halides is 3. The summed E-state index contributed by atoms with van der Waals surface area (Å²) in [6.45, 7) is 4.40. The average molecular weight is 433 g/mol. The monoisotopic (exact) mass is 433 g/mol. The van der Waals surface area contributed by atoms with Gasteiger partial charge in [-0.3, -0.25) is 14.7 Å². The van der Waals surface area contributed by atoms with Gasteiger partial charge in [0.25, 0.3) is 0 Å². The lowest BCUT2D eigenvalue weighted by molar-refractivity contribution is -0.138. The molecule has 2 aliphatic rings. The number of aromatic nitrogens is 1. The molecule has 2 aromatic rings. The third-order valence-corrected chi connectivity index (χ3v) is 5.90. The van der Waals surface area contributed by atoms with Gasteiger partial charge >= 0.3 is 6.18 Å². The number of morpholine rings is 1. The molecule has 0 N–H and O–H groups in total. The molecule has 166 valence electrons. The molecule has 0 unspecified atom stereocenters. The van der Waals surface area contributed by atoms with E-state index in [0.717, 1.165) is 43.8 Å². The van der Waals surface area contributed by atoms with E-state index in [1.807, 2.05) is 17.0 Å². The SMILES string of the molecule is O=C(CN1CCC[C@@H](c2cccc(-c3cccc(C(F)(F)F)c3)n2)C1)N1CCOCC1. The number of amides is 1. The molecule has 1 amide bonds. The number of carbonyl (C=O) groups excluding carboxylic acids is 1. The zero-order valence-corrected chi connectivity index (χ0v) is 17.3. The second-order valence-electron chi connectivity index (χ2n) is 8.09. The third-order valence-electron chi connectivity index (χ3n) is 5.90. The van der Waals surface area contributed by atoms with E-state index < -0.39 is 11.7 Å². The molecule has 1 atom stereocenters. The Balaban J connectivity index is 1.45. The van der Waals surface area contributed by atoms with Gasteiger partial charge < -0.3 is 9.64 Å². The van der Waals surface area contributed by atoms with Crippen molar-refractivity contribution in [2.75, 3.05) is 45.9 Å². The molecule has 1 aromatic heterocycles. The number of carbonyl (C=O) groups is 1. The number of pyridine rings is 1. The average Bonchev–Trinajstić information content (AvgIpc) is 2.79. The van der Waals surface area contributed by atoms with E-state index in [4.69, 9.17) is 4.74 Å². The van der Waals surface area contributed by atoms with Crippen LogP contribution in [0.15, 0.2) is 42.5 Å². The highest BCUT2D eigenvalue weighted by atomic mass is 19.4. The van der Waals surface area contributed by atoms with Crippen LogP contribution in [-0.2, 0) is 15.7 Å². The minimum Gasteiger partial charge on any atom is -0.378 e. The third kappa shape index (κ3) is 5.43. The van der Waals surface area contributed by atoms with E-state index in [0.29, 0.717) is 44.1 Å².